The van der Waals surface area contributed by atoms with Crippen molar-refractivity contribution in [3.8, 4) is 0 Å². The van der Waals surface area contributed by atoms with Crippen LogP contribution in [0.1, 0.15) is 48.0 Å². The van der Waals surface area contributed by atoms with Gasteiger partial charge in [0.2, 0.25) is 5.91 Å². The number of rotatable bonds is 2. The van der Waals surface area contributed by atoms with Gasteiger partial charge in [-0.1, -0.05) is 0 Å². The molecule has 1 amide bonds. The van der Waals surface area contributed by atoms with Gasteiger partial charge in [-0.05, 0) is 55.9 Å². The summed E-state index contributed by atoms with van der Waals surface area (Å²) in [6, 6.07) is 5.56. The molecule has 0 radical (unpaired) electrons. The lowest BCUT2D eigenvalue weighted by Crippen LogP contribution is -2.28. The number of amides is 1. The summed E-state index contributed by atoms with van der Waals surface area (Å²) in [5.41, 5.74) is 2.60. The van der Waals surface area contributed by atoms with E-state index in [1.807, 2.05) is 12.1 Å². The summed E-state index contributed by atoms with van der Waals surface area (Å²) in [5, 5.41) is 2.89. The third-order valence-corrected chi connectivity index (χ3v) is 3.99. The van der Waals surface area contributed by atoms with Gasteiger partial charge in [0, 0.05) is 24.3 Å². The lowest BCUT2D eigenvalue weighted by molar-refractivity contribution is -0.116. The molecular weight excluding hydrogens is 254 g/mol. The summed E-state index contributed by atoms with van der Waals surface area (Å²) in [6.45, 7) is 0.678. The molecule has 0 spiro atoms. The van der Waals surface area contributed by atoms with Crippen molar-refractivity contribution in [1.82, 2.24) is 0 Å². The Kier molecular flexibility index (Phi) is 3.83. The number of aryl methyl sites for hydroxylation is 1. The maximum absolute atomic E-state index is 12.4. The maximum atomic E-state index is 12.4. The number of fused-ring (bicyclic) bond motifs is 1. The van der Waals surface area contributed by atoms with E-state index in [1.54, 1.807) is 6.07 Å². The van der Waals surface area contributed by atoms with Crippen LogP contribution in [0.15, 0.2) is 18.2 Å². The number of ether oxygens (including phenoxy) is 1. The highest BCUT2D eigenvalue weighted by molar-refractivity contribution is 6.01. The number of anilines is 1. The second-order valence-corrected chi connectivity index (χ2v) is 5.49. The molecule has 1 saturated heterocycles. The van der Waals surface area contributed by atoms with E-state index in [1.165, 1.54) is 0 Å². The van der Waals surface area contributed by atoms with Crippen molar-refractivity contribution in [2.75, 3.05) is 11.9 Å². The molecule has 20 heavy (non-hydrogen) atoms. The predicted octanol–water partition coefficient (Wildman–Crippen LogP) is 2.71. The number of nitrogens with one attached hydrogen (secondary N) is 1. The van der Waals surface area contributed by atoms with Gasteiger partial charge in [0.25, 0.3) is 0 Å². The number of benzene rings is 1. The maximum Gasteiger partial charge on any atom is 0.224 e. The zero-order valence-corrected chi connectivity index (χ0v) is 11.5. The van der Waals surface area contributed by atoms with E-state index < -0.39 is 0 Å². The molecule has 1 N–H and O–H groups in total. The van der Waals surface area contributed by atoms with Crippen LogP contribution in [0, 0.1) is 0 Å². The zero-order chi connectivity index (χ0) is 13.9. The van der Waals surface area contributed by atoms with Crippen molar-refractivity contribution in [3.05, 3.63) is 29.3 Å². The van der Waals surface area contributed by atoms with Crippen LogP contribution in [0.3, 0.4) is 0 Å². The first-order valence-electron chi connectivity index (χ1n) is 7.32. The topological polar surface area (TPSA) is 55.4 Å². The molecule has 4 heteroatoms. The third kappa shape index (κ3) is 2.75. The fourth-order valence-electron chi connectivity index (χ4n) is 2.86. The van der Waals surface area contributed by atoms with Crippen LogP contribution in [0.2, 0.25) is 0 Å². The molecule has 4 nitrogen and oxygen atoms in total. The lowest BCUT2D eigenvalue weighted by Gasteiger charge is -2.21. The quantitative estimate of drug-likeness (QED) is 0.843. The summed E-state index contributed by atoms with van der Waals surface area (Å²) in [6.07, 6.45) is 4.83. The normalized spacial score (nSPS) is 22.6. The van der Waals surface area contributed by atoms with Crippen LogP contribution in [-0.4, -0.2) is 24.4 Å². The van der Waals surface area contributed by atoms with E-state index in [2.05, 4.69) is 5.32 Å². The van der Waals surface area contributed by atoms with Gasteiger partial charge in [0.05, 0.1) is 0 Å². The largest absolute Gasteiger partial charge is 0.370 e. The second kappa shape index (κ2) is 5.75. The highest BCUT2D eigenvalue weighted by Gasteiger charge is 2.24. The Balaban J connectivity index is 1.82. The highest BCUT2D eigenvalue weighted by atomic mass is 16.5. The Hall–Kier alpha value is -1.68. The van der Waals surface area contributed by atoms with Crippen LogP contribution < -0.4 is 5.32 Å². The first-order chi connectivity index (χ1) is 9.74. The van der Waals surface area contributed by atoms with Gasteiger partial charge < -0.3 is 10.1 Å². The summed E-state index contributed by atoms with van der Waals surface area (Å²) < 4.78 is 5.56. The zero-order valence-electron chi connectivity index (χ0n) is 11.5. The fraction of sp³-hybridized carbons (Fsp3) is 0.500. The molecule has 1 aromatic rings. The summed E-state index contributed by atoms with van der Waals surface area (Å²) in [7, 11) is 0. The minimum Gasteiger partial charge on any atom is -0.370 e. The molecule has 3 rings (SSSR count). The molecule has 0 saturated carbocycles. The van der Waals surface area contributed by atoms with Gasteiger partial charge >= 0.3 is 0 Å². The summed E-state index contributed by atoms with van der Waals surface area (Å²) >= 11 is 0. The van der Waals surface area contributed by atoms with E-state index >= 15 is 0 Å². The summed E-state index contributed by atoms with van der Waals surface area (Å²) in [4.78, 5) is 23.9. The van der Waals surface area contributed by atoms with E-state index in [4.69, 9.17) is 4.74 Å². The minimum atomic E-state index is -0.290. The average molecular weight is 273 g/mol. The Morgan fingerprint density at radius 2 is 2.10 bits per heavy atom. The van der Waals surface area contributed by atoms with E-state index in [0.29, 0.717) is 18.6 Å². The smallest absolute Gasteiger partial charge is 0.224 e. The monoisotopic (exact) mass is 273 g/mol. The minimum absolute atomic E-state index is 0.0541. The van der Waals surface area contributed by atoms with Crippen LogP contribution >= 0.6 is 0 Å². The molecule has 1 fully saturated rings. The standard InChI is InChI=1S/C16H19NO3/c18-15-6-3-4-11-10-12(7-8-13(11)17-15)16(19)14-5-1-2-9-20-14/h7-8,10,14H,1-6,9H2,(H,17,18). The predicted molar refractivity (Wildman–Crippen MR) is 75.9 cm³/mol. The van der Waals surface area contributed by atoms with Crippen molar-refractivity contribution in [2.45, 2.75) is 44.6 Å². The number of Topliss-reactive ketones (excluding diaryl/α,β-unsaturated/α-hetero) is 1. The van der Waals surface area contributed by atoms with Crippen molar-refractivity contribution < 1.29 is 14.3 Å². The highest BCUT2D eigenvalue weighted by Crippen LogP contribution is 2.25. The third-order valence-electron chi connectivity index (χ3n) is 3.99. The molecule has 1 atom stereocenters. The van der Waals surface area contributed by atoms with Crippen molar-refractivity contribution in [2.24, 2.45) is 0 Å². The Bertz CT molecular complexity index is 533. The number of carbonyl (C=O) groups excluding carboxylic acids is 2. The molecule has 1 aromatic carbocycles. The van der Waals surface area contributed by atoms with Crippen molar-refractivity contribution >= 4 is 17.4 Å². The van der Waals surface area contributed by atoms with Gasteiger partial charge in [-0.2, -0.15) is 0 Å². The molecule has 1 unspecified atom stereocenters. The van der Waals surface area contributed by atoms with Gasteiger partial charge in [-0.3, -0.25) is 9.59 Å². The van der Waals surface area contributed by atoms with Crippen LogP contribution in [0.25, 0.3) is 0 Å². The van der Waals surface area contributed by atoms with Crippen molar-refractivity contribution in [1.29, 1.82) is 0 Å². The number of carbonyl (C=O) groups is 2. The van der Waals surface area contributed by atoms with E-state index in [9.17, 15) is 9.59 Å². The van der Waals surface area contributed by atoms with Crippen LogP contribution in [0.5, 0.6) is 0 Å². The molecule has 2 aliphatic rings. The first-order valence-corrected chi connectivity index (χ1v) is 7.32. The number of ketones is 1. The number of hydrogen-bond acceptors (Lipinski definition) is 3. The van der Waals surface area contributed by atoms with Crippen LogP contribution in [0.4, 0.5) is 5.69 Å². The Morgan fingerprint density at radius 1 is 1.20 bits per heavy atom. The molecule has 0 bridgehead atoms. The Morgan fingerprint density at radius 3 is 2.90 bits per heavy atom. The summed E-state index contributed by atoms with van der Waals surface area (Å²) in [5.74, 6) is 0.126. The molecule has 0 aliphatic carbocycles. The fourth-order valence-corrected chi connectivity index (χ4v) is 2.86. The molecule has 106 valence electrons. The van der Waals surface area contributed by atoms with E-state index in [0.717, 1.165) is 43.4 Å². The molecule has 2 aliphatic heterocycles. The van der Waals surface area contributed by atoms with Gasteiger partial charge in [-0.15, -0.1) is 0 Å². The van der Waals surface area contributed by atoms with Crippen LogP contribution in [-0.2, 0) is 16.0 Å². The lowest BCUT2D eigenvalue weighted by atomic mass is 9.97. The van der Waals surface area contributed by atoms with Gasteiger partial charge in [0.15, 0.2) is 5.78 Å². The second-order valence-electron chi connectivity index (χ2n) is 5.49. The van der Waals surface area contributed by atoms with Gasteiger partial charge in [-0.25, -0.2) is 0 Å². The van der Waals surface area contributed by atoms with Crippen molar-refractivity contribution in [3.63, 3.8) is 0 Å². The Labute approximate surface area is 118 Å². The molecular formula is C16H19NO3. The van der Waals surface area contributed by atoms with Gasteiger partial charge in [0.1, 0.15) is 6.10 Å². The van der Waals surface area contributed by atoms with E-state index in [-0.39, 0.29) is 17.8 Å². The number of hydrogen-bond donors (Lipinski definition) is 1. The molecule has 0 aromatic heterocycles. The molecule has 2 heterocycles. The average Bonchev–Trinajstić information content (AvgIpc) is 2.67. The SMILES string of the molecule is O=C1CCCc2cc(C(=O)C3CCCCO3)ccc2N1. The first kappa shape index (κ1) is 13.3.